The number of hydrogen-bond donors (Lipinski definition) is 1. The Balaban J connectivity index is 1.72. The van der Waals surface area contributed by atoms with Crippen molar-refractivity contribution in [2.24, 2.45) is 0 Å². The molecule has 0 aromatic heterocycles. The van der Waals surface area contributed by atoms with Gasteiger partial charge in [-0.25, -0.2) is 0 Å². The lowest BCUT2D eigenvalue weighted by atomic mass is 10.0. The lowest BCUT2D eigenvalue weighted by Crippen LogP contribution is -2.09. The van der Waals surface area contributed by atoms with Crippen molar-refractivity contribution >= 4 is 0 Å². The van der Waals surface area contributed by atoms with Crippen LogP contribution < -0.4 is 14.8 Å². The summed E-state index contributed by atoms with van der Waals surface area (Å²) in [5.41, 5.74) is 2.57. The van der Waals surface area contributed by atoms with E-state index in [-0.39, 0.29) is 0 Å². The third-order valence-corrected chi connectivity index (χ3v) is 3.47. The molecule has 2 rings (SSSR count). The monoisotopic (exact) mass is 299 g/mol. The first-order chi connectivity index (χ1) is 10.7. The molecule has 0 aliphatic rings. The van der Waals surface area contributed by atoms with Crippen molar-refractivity contribution in [2.45, 2.75) is 26.3 Å². The molecule has 3 heteroatoms. The highest BCUT2D eigenvalue weighted by molar-refractivity contribution is 5.29. The van der Waals surface area contributed by atoms with E-state index in [9.17, 15) is 0 Å². The van der Waals surface area contributed by atoms with Gasteiger partial charge in [0.1, 0.15) is 24.7 Å². The van der Waals surface area contributed by atoms with Crippen LogP contribution in [0, 0.1) is 0 Å². The summed E-state index contributed by atoms with van der Waals surface area (Å²) in [7, 11) is 1.94. The van der Waals surface area contributed by atoms with Crippen molar-refractivity contribution in [3.05, 3.63) is 59.7 Å². The van der Waals surface area contributed by atoms with E-state index in [1.165, 1.54) is 11.1 Å². The normalized spacial score (nSPS) is 10.7. The molecule has 0 amide bonds. The maximum Gasteiger partial charge on any atom is 0.122 e. The van der Waals surface area contributed by atoms with E-state index < -0.39 is 0 Å². The molecule has 0 bridgehead atoms. The SMILES string of the molecule is CNCc1ccc(OCCOc2ccc(C(C)C)cc2)cc1. The Morgan fingerprint density at radius 2 is 1.32 bits per heavy atom. The van der Waals surface area contributed by atoms with Gasteiger partial charge in [0.05, 0.1) is 0 Å². The molecular formula is C19H25NO2. The maximum atomic E-state index is 5.69. The largest absolute Gasteiger partial charge is 0.490 e. The van der Waals surface area contributed by atoms with E-state index in [0.29, 0.717) is 19.1 Å². The summed E-state index contributed by atoms with van der Waals surface area (Å²) in [6.45, 7) is 6.32. The minimum absolute atomic E-state index is 0.539. The summed E-state index contributed by atoms with van der Waals surface area (Å²) in [6.07, 6.45) is 0. The molecular weight excluding hydrogens is 274 g/mol. The van der Waals surface area contributed by atoms with Crippen molar-refractivity contribution in [3.63, 3.8) is 0 Å². The van der Waals surface area contributed by atoms with Crippen molar-refractivity contribution in [1.29, 1.82) is 0 Å². The zero-order valence-electron chi connectivity index (χ0n) is 13.6. The summed E-state index contributed by atoms with van der Waals surface area (Å²) in [6, 6.07) is 16.4. The Kier molecular flexibility index (Phi) is 6.28. The molecule has 0 aliphatic carbocycles. The van der Waals surface area contributed by atoms with Gasteiger partial charge in [-0.1, -0.05) is 38.1 Å². The fourth-order valence-electron chi connectivity index (χ4n) is 2.18. The zero-order chi connectivity index (χ0) is 15.8. The van der Waals surface area contributed by atoms with E-state index in [1.54, 1.807) is 0 Å². The van der Waals surface area contributed by atoms with Gasteiger partial charge < -0.3 is 14.8 Å². The number of ether oxygens (including phenoxy) is 2. The molecule has 3 nitrogen and oxygen atoms in total. The molecule has 2 aromatic rings. The van der Waals surface area contributed by atoms with Crippen LogP contribution in [-0.2, 0) is 6.54 Å². The van der Waals surface area contributed by atoms with Gasteiger partial charge in [0.2, 0.25) is 0 Å². The molecule has 1 N–H and O–H groups in total. The van der Waals surface area contributed by atoms with Gasteiger partial charge in [0.15, 0.2) is 0 Å². The average Bonchev–Trinajstić information content (AvgIpc) is 2.54. The van der Waals surface area contributed by atoms with Gasteiger partial charge in [0, 0.05) is 6.54 Å². The van der Waals surface area contributed by atoms with Gasteiger partial charge in [-0.15, -0.1) is 0 Å². The predicted molar refractivity (Wildman–Crippen MR) is 90.7 cm³/mol. The van der Waals surface area contributed by atoms with Crippen molar-refractivity contribution < 1.29 is 9.47 Å². The summed E-state index contributed by atoms with van der Waals surface area (Å²) in [5, 5.41) is 3.12. The minimum atomic E-state index is 0.539. The lowest BCUT2D eigenvalue weighted by molar-refractivity contribution is 0.217. The molecule has 0 radical (unpaired) electrons. The number of benzene rings is 2. The van der Waals surface area contributed by atoms with Crippen LogP contribution in [0.2, 0.25) is 0 Å². The second kappa shape index (κ2) is 8.44. The lowest BCUT2D eigenvalue weighted by Gasteiger charge is -2.10. The first-order valence-corrected chi connectivity index (χ1v) is 7.78. The predicted octanol–water partition coefficient (Wildman–Crippen LogP) is 3.99. The highest BCUT2D eigenvalue weighted by Gasteiger charge is 2.00. The Morgan fingerprint density at radius 3 is 1.77 bits per heavy atom. The Hall–Kier alpha value is -2.00. The van der Waals surface area contributed by atoms with E-state index in [0.717, 1.165) is 18.0 Å². The molecule has 0 saturated heterocycles. The van der Waals surface area contributed by atoms with Crippen LogP contribution in [0.5, 0.6) is 11.5 Å². The average molecular weight is 299 g/mol. The smallest absolute Gasteiger partial charge is 0.122 e. The van der Waals surface area contributed by atoms with Gasteiger partial charge in [-0.3, -0.25) is 0 Å². The molecule has 0 saturated carbocycles. The minimum Gasteiger partial charge on any atom is -0.490 e. The van der Waals surface area contributed by atoms with Crippen LogP contribution in [0.1, 0.15) is 30.9 Å². The Morgan fingerprint density at radius 1 is 0.818 bits per heavy atom. The third kappa shape index (κ3) is 5.08. The molecule has 0 spiro atoms. The zero-order valence-corrected chi connectivity index (χ0v) is 13.6. The molecule has 118 valence electrons. The van der Waals surface area contributed by atoms with E-state index in [4.69, 9.17) is 9.47 Å². The Bertz CT molecular complexity index is 547. The number of nitrogens with one attached hydrogen (secondary N) is 1. The van der Waals surface area contributed by atoms with Crippen molar-refractivity contribution in [1.82, 2.24) is 5.32 Å². The Labute approximate surface area is 133 Å². The molecule has 0 atom stereocenters. The number of rotatable bonds is 8. The van der Waals surface area contributed by atoms with Gasteiger partial charge >= 0.3 is 0 Å². The first-order valence-electron chi connectivity index (χ1n) is 7.78. The van der Waals surface area contributed by atoms with Gasteiger partial charge in [0.25, 0.3) is 0 Å². The molecule has 22 heavy (non-hydrogen) atoms. The van der Waals surface area contributed by atoms with E-state index >= 15 is 0 Å². The highest BCUT2D eigenvalue weighted by Crippen LogP contribution is 2.18. The maximum absolute atomic E-state index is 5.69. The fraction of sp³-hybridized carbons (Fsp3) is 0.368. The van der Waals surface area contributed by atoms with Crippen LogP contribution in [0.3, 0.4) is 0 Å². The molecule has 0 fully saturated rings. The van der Waals surface area contributed by atoms with Crippen molar-refractivity contribution in [2.75, 3.05) is 20.3 Å². The fourth-order valence-corrected chi connectivity index (χ4v) is 2.18. The molecule has 2 aromatic carbocycles. The molecule has 0 aliphatic heterocycles. The standard InChI is InChI=1S/C19H25NO2/c1-15(2)17-6-10-19(11-7-17)22-13-12-21-18-8-4-16(5-9-18)14-20-3/h4-11,15,20H,12-14H2,1-3H3. The molecule has 0 unspecified atom stereocenters. The number of hydrogen-bond acceptors (Lipinski definition) is 3. The second-order valence-electron chi connectivity index (χ2n) is 5.59. The van der Waals surface area contributed by atoms with Crippen LogP contribution in [0.15, 0.2) is 48.5 Å². The molecule has 0 heterocycles. The van der Waals surface area contributed by atoms with Crippen molar-refractivity contribution in [3.8, 4) is 11.5 Å². The topological polar surface area (TPSA) is 30.5 Å². The van der Waals surface area contributed by atoms with Gasteiger partial charge in [-0.2, -0.15) is 0 Å². The summed E-state index contributed by atoms with van der Waals surface area (Å²) < 4.78 is 11.4. The van der Waals surface area contributed by atoms with Crippen LogP contribution in [-0.4, -0.2) is 20.3 Å². The van der Waals surface area contributed by atoms with Crippen LogP contribution >= 0.6 is 0 Å². The van der Waals surface area contributed by atoms with E-state index in [1.807, 2.05) is 31.3 Å². The summed E-state index contributed by atoms with van der Waals surface area (Å²) in [5.74, 6) is 2.30. The summed E-state index contributed by atoms with van der Waals surface area (Å²) >= 11 is 0. The van der Waals surface area contributed by atoms with E-state index in [2.05, 4.69) is 43.4 Å². The van der Waals surface area contributed by atoms with Gasteiger partial charge in [-0.05, 0) is 48.4 Å². The third-order valence-electron chi connectivity index (χ3n) is 3.47. The second-order valence-corrected chi connectivity index (χ2v) is 5.59. The quantitative estimate of drug-likeness (QED) is 0.748. The summed E-state index contributed by atoms with van der Waals surface area (Å²) in [4.78, 5) is 0. The van der Waals surface area contributed by atoms with Crippen LogP contribution in [0.25, 0.3) is 0 Å². The highest BCUT2D eigenvalue weighted by atomic mass is 16.5. The van der Waals surface area contributed by atoms with Crippen LogP contribution in [0.4, 0.5) is 0 Å². The first kappa shape index (κ1) is 16.4.